The first-order chi connectivity index (χ1) is 8.27. The van der Waals surface area contributed by atoms with Gasteiger partial charge in [0.25, 0.3) is 0 Å². The predicted octanol–water partition coefficient (Wildman–Crippen LogP) is 1.99. The lowest BCUT2D eigenvalue weighted by Crippen LogP contribution is -2.24. The van der Waals surface area contributed by atoms with Crippen LogP contribution in [0.25, 0.3) is 0 Å². The van der Waals surface area contributed by atoms with Crippen LogP contribution in [0.3, 0.4) is 0 Å². The lowest BCUT2D eigenvalue weighted by atomic mass is 10.2. The topological polar surface area (TPSA) is 58.2 Å². The van der Waals surface area contributed by atoms with Crippen LogP contribution in [0, 0.1) is 5.82 Å². The Labute approximate surface area is 115 Å². The van der Waals surface area contributed by atoms with Gasteiger partial charge >= 0.3 is 0 Å². The van der Waals surface area contributed by atoms with E-state index in [0.29, 0.717) is 10.0 Å². The molecular formula is C11H16BrFN2O2S. The maximum absolute atomic E-state index is 14.1. The average molecular weight is 339 g/mol. The van der Waals surface area contributed by atoms with Crippen molar-refractivity contribution in [1.29, 1.82) is 0 Å². The minimum absolute atomic E-state index is 0.188. The quantitative estimate of drug-likeness (QED) is 0.863. The van der Waals surface area contributed by atoms with E-state index < -0.39 is 15.8 Å². The molecular weight excluding hydrogens is 323 g/mol. The second kappa shape index (κ2) is 6.10. The minimum atomic E-state index is -3.80. The van der Waals surface area contributed by atoms with Crippen molar-refractivity contribution in [2.75, 3.05) is 7.05 Å². The Hall–Kier alpha value is -0.500. The van der Waals surface area contributed by atoms with Gasteiger partial charge in [0.2, 0.25) is 10.0 Å². The normalized spacial score (nSPS) is 12.1. The number of benzene rings is 1. The molecule has 0 atom stereocenters. The summed E-state index contributed by atoms with van der Waals surface area (Å²) in [6.07, 6.45) is 0. The minimum Gasteiger partial charge on any atom is -0.310 e. The first-order valence-electron chi connectivity index (χ1n) is 5.42. The van der Waals surface area contributed by atoms with Crippen molar-refractivity contribution in [3.8, 4) is 0 Å². The summed E-state index contributed by atoms with van der Waals surface area (Å²) in [6, 6.07) is 3.01. The lowest BCUT2D eigenvalue weighted by molar-refractivity contribution is 0.530. The van der Waals surface area contributed by atoms with Crippen molar-refractivity contribution in [2.45, 2.75) is 31.3 Å². The van der Waals surface area contributed by atoms with Crippen LogP contribution in [-0.2, 0) is 16.6 Å². The van der Waals surface area contributed by atoms with Crippen LogP contribution in [0.5, 0.6) is 0 Å². The van der Waals surface area contributed by atoms with E-state index in [4.69, 9.17) is 0 Å². The Morgan fingerprint density at radius 2 is 2.00 bits per heavy atom. The van der Waals surface area contributed by atoms with Gasteiger partial charge in [0.15, 0.2) is 0 Å². The third-order valence-electron chi connectivity index (χ3n) is 2.34. The van der Waals surface area contributed by atoms with Gasteiger partial charge in [-0.3, -0.25) is 0 Å². The van der Waals surface area contributed by atoms with Crippen molar-refractivity contribution in [3.63, 3.8) is 0 Å². The van der Waals surface area contributed by atoms with Gasteiger partial charge in [-0.15, -0.1) is 0 Å². The van der Waals surface area contributed by atoms with E-state index in [-0.39, 0.29) is 17.5 Å². The molecule has 0 aliphatic carbocycles. The van der Waals surface area contributed by atoms with Gasteiger partial charge in [-0.2, -0.15) is 0 Å². The summed E-state index contributed by atoms with van der Waals surface area (Å²) in [5.41, 5.74) is 0.312. The summed E-state index contributed by atoms with van der Waals surface area (Å²) < 4.78 is 40.1. The molecule has 0 amide bonds. The molecule has 0 fully saturated rings. The summed E-state index contributed by atoms with van der Waals surface area (Å²) in [6.45, 7) is 4.14. The fourth-order valence-corrected chi connectivity index (χ4v) is 2.89. The van der Waals surface area contributed by atoms with E-state index in [2.05, 4.69) is 26.0 Å². The van der Waals surface area contributed by atoms with Gasteiger partial charge in [-0.05, 0) is 19.2 Å². The summed E-state index contributed by atoms with van der Waals surface area (Å²) in [5.74, 6) is -0.722. The van der Waals surface area contributed by atoms with Gasteiger partial charge in [0, 0.05) is 22.6 Å². The largest absolute Gasteiger partial charge is 0.310 e. The van der Waals surface area contributed by atoms with E-state index >= 15 is 0 Å². The second-order valence-electron chi connectivity index (χ2n) is 4.12. The van der Waals surface area contributed by atoms with E-state index in [0.717, 1.165) is 0 Å². The van der Waals surface area contributed by atoms with Crippen LogP contribution in [0.15, 0.2) is 21.5 Å². The Balaban J connectivity index is 3.23. The molecule has 4 nitrogen and oxygen atoms in total. The van der Waals surface area contributed by atoms with Crippen LogP contribution >= 0.6 is 15.9 Å². The molecule has 1 rings (SSSR count). The van der Waals surface area contributed by atoms with Crippen molar-refractivity contribution in [1.82, 2.24) is 10.0 Å². The summed E-state index contributed by atoms with van der Waals surface area (Å²) in [5, 5.41) is 3.05. The van der Waals surface area contributed by atoms with Crippen LogP contribution in [0.2, 0.25) is 0 Å². The molecule has 18 heavy (non-hydrogen) atoms. The molecule has 102 valence electrons. The molecule has 0 saturated carbocycles. The zero-order valence-corrected chi connectivity index (χ0v) is 12.8. The molecule has 0 aliphatic rings. The Morgan fingerprint density at radius 3 is 2.50 bits per heavy atom. The standard InChI is InChI=1S/C11H16BrFN2O2S/c1-7(2)15-6-8-4-9(12)5-10(11(8)13)18(16,17)14-3/h4-5,7,14-15H,6H2,1-3H3. The number of rotatable bonds is 5. The molecule has 0 saturated heterocycles. The Bertz CT molecular complexity index is 532. The fraction of sp³-hybridized carbons (Fsp3) is 0.455. The lowest BCUT2D eigenvalue weighted by Gasteiger charge is -2.12. The van der Waals surface area contributed by atoms with E-state index in [9.17, 15) is 12.8 Å². The third-order valence-corrected chi connectivity index (χ3v) is 4.21. The molecule has 0 aliphatic heterocycles. The van der Waals surface area contributed by atoms with Crippen molar-refractivity contribution >= 4 is 26.0 Å². The molecule has 0 bridgehead atoms. The first kappa shape index (κ1) is 15.6. The van der Waals surface area contributed by atoms with Crippen LogP contribution < -0.4 is 10.0 Å². The maximum atomic E-state index is 14.1. The zero-order chi connectivity index (χ0) is 13.9. The molecule has 1 aromatic rings. The Kier molecular flexibility index (Phi) is 5.27. The average Bonchev–Trinajstić information content (AvgIpc) is 2.29. The Morgan fingerprint density at radius 1 is 1.39 bits per heavy atom. The molecule has 0 aromatic heterocycles. The van der Waals surface area contributed by atoms with Gasteiger partial charge in [0.1, 0.15) is 10.7 Å². The van der Waals surface area contributed by atoms with Crippen molar-refractivity contribution < 1.29 is 12.8 Å². The molecule has 0 spiro atoms. The molecule has 0 unspecified atom stereocenters. The molecule has 0 heterocycles. The summed E-state index contributed by atoms with van der Waals surface area (Å²) in [4.78, 5) is -0.347. The predicted molar refractivity (Wildman–Crippen MR) is 72.3 cm³/mol. The highest BCUT2D eigenvalue weighted by molar-refractivity contribution is 9.10. The monoisotopic (exact) mass is 338 g/mol. The van der Waals surface area contributed by atoms with Crippen molar-refractivity contribution in [3.05, 3.63) is 28.0 Å². The van der Waals surface area contributed by atoms with E-state index in [1.807, 2.05) is 13.8 Å². The van der Waals surface area contributed by atoms with Gasteiger partial charge in [-0.1, -0.05) is 29.8 Å². The number of hydrogen-bond donors (Lipinski definition) is 2. The maximum Gasteiger partial charge on any atom is 0.243 e. The third kappa shape index (κ3) is 3.74. The summed E-state index contributed by atoms with van der Waals surface area (Å²) in [7, 11) is -2.54. The van der Waals surface area contributed by atoms with Gasteiger partial charge < -0.3 is 5.32 Å². The fourth-order valence-electron chi connectivity index (χ4n) is 1.37. The highest BCUT2D eigenvalue weighted by Gasteiger charge is 2.20. The van der Waals surface area contributed by atoms with Crippen molar-refractivity contribution in [2.24, 2.45) is 0 Å². The van der Waals surface area contributed by atoms with Crippen LogP contribution in [0.1, 0.15) is 19.4 Å². The molecule has 7 heteroatoms. The molecule has 0 radical (unpaired) electrons. The molecule has 1 aromatic carbocycles. The second-order valence-corrected chi connectivity index (χ2v) is 6.89. The van der Waals surface area contributed by atoms with Gasteiger partial charge in [-0.25, -0.2) is 17.5 Å². The number of sulfonamides is 1. The van der Waals surface area contributed by atoms with E-state index in [1.54, 1.807) is 6.07 Å². The highest BCUT2D eigenvalue weighted by Crippen LogP contribution is 2.24. The highest BCUT2D eigenvalue weighted by atomic mass is 79.9. The van der Waals surface area contributed by atoms with Gasteiger partial charge in [0.05, 0.1) is 0 Å². The number of nitrogens with one attached hydrogen (secondary N) is 2. The first-order valence-corrected chi connectivity index (χ1v) is 7.70. The van der Waals surface area contributed by atoms with Crippen LogP contribution in [-0.4, -0.2) is 21.5 Å². The van der Waals surface area contributed by atoms with E-state index in [1.165, 1.54) is 13.1 Å². The zero-order valence-electron chi connectivity index (χ0n) is 10.4. The SMILES string of the molecule is CNS(=O)(=O)c1cc(Br)cc(CNC(C)C)c1F. The smallest absolute Gasteiger partial charge is 0.243 e. The number of halogens is 2. The van der Waals surface area contributed by atoms with Crippen LogP contribution in [0.4, 0.5) is 4.39 Å². The number of hydrogen-bond acceptors (Lipinski definition) is 3. The molecule has 2 N–H and O–H groups in total. The summed E-state index contributed by atoms with van der Waals surface area (Å²) >= 11 is 3.19.